The highest BCUT2D eigenvalue weighted by Gasteiger charge is 2.47. The molecule has 0 amide bonds. The van der Waals surface area contributed by atoms with Crippen molar-refractivity contribution in [2.24, 2.45) is 10.8 Å². The Hall–Kier alpha value is -1.49. The molecular formula is C17H24N2. The minimum atomic E-state index is -0.452. The van der Waals surface area contributed by atoms with Gasteiger partial charge in [0.2, 0.25) is 0 Å². The van der Waals surface area contributed by atoms with Crippen LogP contribution in [0, 0.1) is 22.2 Å². The SMILES string of the molecule is CC1(C)CC(C)(C)CC(C#N)(Nc2ccccc2)C1. The molecule has 2 nitrogen and oxygen atoms in total. The van der Waals surface area contributed by atoms with Crippen LogP contribution in [0.25, 0.3) is 0 Å². The second kappa shape index (κ2) is 4.56. The maximum absolute atomic E-state index is 9.75. The number of benzene rings is 1. The molecule has 1 aliphatic carbocycles. The van der Waals surface area contributed by atoms with Gasteiger partial charge in [0.15, 0.2) is 0 Å². The van der Waals surface area contributed by atoms with Crippen LogP contribution in [-0.4, -0.2) is 5.54 Å². The van der Waals surface area contributed by atoms with E-state index in [9.17, 15) is 5.26 Å². The fraction of sp³-hybridized carbons (Fsp3) is 0.588. The van der Waals surface area contributed by atoms with Crippen LogP contribution >= 0.6 is 0 Å². The number of hydrogen-bond donors (Lipinski definition) is 1. The molecule has 0 atom stereocenters. The summed E-state index contributed by atoms with van der Waals surface area (Å²) in [6.07, 6.45) is 2.96. The molecule has 0 spiro atoms. The molecule has 2 heteroatoms. The first-order valence-corrected chi connectivity index (χ1v) is 7.01. The molecule has 1 aromatic carbocycles. The van der Waals surface area contributed by atoms with Gasteiger partial charge in [0, 0.05) is 5.69 Å². The maximum Gasteiger partial charge on any atom is 0.126 e. The summed E-state index contributed by atoms with van der Waals surface area (Å²) < 4.78 is 0. The summed E-state index contributed by atoms with van der Waals surface area (Å²) in [5.74, 6) is 0. The van der Waals surface area contributed by atoms with Crippen LogP contribution in [-0.2, 0) is 0 Å². The van der Waals surface area contributed by atoms with Crippen molar-refractivity contribution in [3.05, 3.63) is 30.3 Å². The second-order valence-electron chi connectivity index (χ2n) is 7.54. The van der Waals surface area contributed by atoms with Crippen molar-refractivity contribution in [3.8, 4) is 6.07 Å². The van der Waals surface area contributed by atoms with Gasteiger partial charge in [-0.15, -0.1) is 0 Å². The maximum atomic E-state index is 9.75. The highest BCUT2D eigenvalue weighted by molar-refractivity contribution is 5.48. The highest BCUT2D eigenvalue weighted by atomic mass is 15.0. The Morgan fingerprint density at radius 3 is 1.95 bits per heavy atom. The van der Waals surface area contributed by atoms with Crippen molar-refractivity contribution in [3.63, 3.8) is 0 Å². The minimum absolute atomic E-state index is 0.194. The monoisotopic (exact) mass is 256 g/mol. The molecule has 1 N–H and O–H groups in total. The van der Waals surface area contributed by atoms with Crippen LogP contribution in [0.1, 0.15) is 47.0 Å². The van der Waals surface area contributed by atoms with Crippen LogP contribution in [0.3, 0.4) is 0 Å². The summed E-state index contributed by atoms with van der Waals surface area (Å²) in [4.78, 5) is 0. The molecule has 1 fully saturated rings. The van der Waals surface area contributed by atoms with Crippen molar-refractivity contribution in [2.75, 3.05) is 5.32 Å². The van der Waals surface area contributed by atoms with E-state index in [1.807, 2.05) is 30.3 Å². The van der Waals surface area contributed by atoms with Gasteiger partial charge >= 0.3 is 0 Å². The Morgan fingerprint density at radius 2 is 1.47 bits per heavy atom. The summed E-state index contributed by atoms with van der Waals surface area (Å²) in [6.45, 7) is 9.08. The molecule has 0 bridgehead atoms. The fourth-order valence-electron chi connectivity index (χ4n) is 4.11. The molecule has 1 saturated carbocycles. The molecule has 1 aliphatic rings. The number of anilines is 1. The van der Waals surface area contributed by atoms with E-state index in [-0.39, 0.29) is 10.8 Å². The van der Waals surface area contributed by atoms with E-state index in [4.69, 9.17) is 0 Å². The van der Waals surface area contributed by atoms with Gasteiger partial charge in [0.25, 0.3) is 0 Å². The lowest BCUT2D eigenvalue weighted by molar-refractivity contribution is 0.0811. The van der Waals surface area contributed by atoms with Gasteiger partial charge in [-0.3, -0.25) is 0 Å². The molecule has 1 aromatic rings. The number of nitrogens with zero attached hydrogens (tertiary/aromatic N) is 1. The molecule has 0 aromatic heterocycles. The third-order valence-corrected chi connectivity index (χ3v) is 3.89. The fourth-order valence-corrected chi connectivity index (χ4v) is 4.11. The van der Waals surface area contributed by atoms with Gasteiger partial charge in [0.1, 0.15) is 5.54 Å². The zero-order chi connectivity index (χ0) is 14.1. The summed E-state index contributed by atoms with van der Waals surface area (Å²) in [5, 5.41) is 13.2. The van der Waals surface area contributed by atoms with Crippen LogP contribution in [0.5, 0.6) is 0 Å². The zero-order valence-corrected chi connectivity index (χ0v) is 12.5. The summed E-state index contributed by atoms with van der Waals surface area (Å²) in [6, 6.07) is 12.6. The topological polar surface area (TPSA) is 35.8 Å². The van der Waals surface area contributed by atoms with E-state index in [0.29, 0.717) is 0 Å². The van der Waals surface area contributed by atoms with Gasteiger partial charge in [-0.1, -0.05) is 45.9 Å². The highest BCUT2D eigenvalue weighted by Crippen LogP contribution is 2.50. The van der Waals surface area contributed by atoms with E-state index in [0.717, 1.165) is 18.5 Å². The van der Waals surface area contributed by atoms with Crippen LogP contribution < -0.4 is 5.32 Å². The van der Waals surface area contributed by atoms with Gasteiger partial charge < -0.3 is 5.32 Å². The van der Waals surface area contributed by atoms with E-state index >= 15 is 0 Å². The predicted octanol–water partition coefficient (Wildman–Crippen LogP) is 4.60. The standard InChI is InChI=1S/C17H24N2/c1-15(2)10-16(3,4)12-17(11-15,13-18)19-14-8-6-5-7-9-14/h5-9,19H,10-12H2,1-4H3. The molecule has 0 saturated heterocycles. The molecule has 0 radical (unpaired) electrons. The number of hydrogen-bond acceptors (Lipinski definition) is 2. The van der Waals surface area contributed by atoms with Crippen LogP contribution in [0.4, 0.5) is 5.69 Å². The Labute approximate surface area is 116 Å². The van der Waals surface area contributed by atoms with Crippen molar-refractivity contribution >= 4 is 5.69 Å². The molecule has 0 heterocycles. The first kappa shape index (κ1) is 13.9. The number of nitrogens with one attached hydrogen (secondary N) is 1. The number of rotatable bonds is 2. The summed E-state index contributed by atoms with van der Waals surface area (Å²) in [7, 11) is 0. The molecular weight excluding hydrogens is 232 g/mol. The van der Waals surface area contributed by atoms with Gasteiger partial charge in [-0.25, -0.2) is 0 Å². The Kier molecular flexibility index (Phi) is 3.34. The Morgan fingerprint density at radius 1 is 0.947 bits per heavy atom. The van der Waals surface area contributed by atoms with Gasteiger partial charge in [-0.05, 0) is 42.2 Å². The Bertz CT molecular complexity index is 464. The lowest BCUT2D eigenvalue weighted by Gasteiger charge is -2.49. The zero-order valence-electron chi connectivity index (χ0n) is 12.5. The second-order valence-corrected chi connectivity index (χ2v) is 7.54. The first-order valence-electron chi connectivity index (χ1n) is 7.01. The van der Waals surface area contributed by atoms with E-state index in [2.05, 4.69) is 39.1 Å². The average molecular weight is 256 g/mol. The van der Waals surface area contributed by atoms with Crippen LogP contribution in [0.15, 0.2) is 30.3 Å². The smallest absolute Gasteiger partial charge is 0.126 e. The molecule has 102 valence electrons. The molecule has 2 rings (SSSR count). The Balaban J connectivity index is 2.30. The van der Waals surface area contributed by atoms with Crippen molar-refractivity contribution in [1.29, 1.82) is 5.26 Å². The largest absolute Gasteiger partial charge is 0.367 e. The van der Waals surface area contributed by atoms with Gasteiger partial charge in [0.05, 0.1) is 6.07 Å². The molecule has 0 aliphatic heterocycles. The van der Waals surface area contributed by atoms with Crippen molar-refractivity contribution in [2.45, 2.75) is 52.5 Å². The molecule has 19 heavy (non-hydrogen) atoms. The number of para-hydroxylation sites is 1. The molecule has 0 unspecified atom stereocenters. The first-order chi connectivity index (χ1) is 8.76. The summed E-state index contributed by atoms with van der Waals surface area (Å²) in [5.41, 5.74) is 0.975. The third kappa shape index (κ3) is 3.29. The van der Waals surface area contributed by atoms with Crippen molar-refractivity contribution in [1.82, 2.24) is 0 Å². The number of nitriles is 1. The van der Waals surface area contributed by atoms with E-state index < -0.39 is 5.54 Å². The predicted molar refractivity (Wildman–Crippen MR) is 79.8 cm³/mol. The average Bonchev–Trinajstić information content (AvgIpc) is 2.26. The van der Waals surface area contributed by atoms with Gasteiger partial charge in [-0.2, -0.15) is 5.26 Å². The van der Waals surface area contributed by atoms with Crippen LogP contribution in [0.2, 0.25) is 0 Å². The summed E-state index contributed by atoms with van der Waals surface area (Å²) >= 11 is 0. The van der Waals surface area contributed by atoms with E-state index in [1.54, 1.807) is 0 Å². The lowest BCUT2D eigenvalue weighted by Crippen LogP contribution is -2.50. The minimum Gasteiger partial charge on any atom is -0.367 e. The lowest BCUT2D eigenvalue weighted by atomic mass is 9.58. The van der Waals surface area contributed by atoms with E-state index in [1.165, 1.54) is 6.42 Å². The third-order valence-electron chi connectivity index (χ3n) is 3.89. The quantitative estimate of drug-likeness (QED) is 0.839. The van der Waals surface area contributed by atoms with Crippen molar-refractivity contribution < 1.29 is 0 Å². The normalized spacial score (nSPS) is 23.3.